The maximum atomic E-state index is 12.9. The van der Waals surface area contributed by atoms with Gasteiger partial charge in [-0.1, -0.05) is 36.1 Å². The molecule has 1 aromatic heterocycles. The van der Waals surface area contributed by atoms with Gasteiger partial charge in [-0.2, -0.15) is 5.21 Å². The van der Waals surface area contributed by atoms with E-state index >= 15 is 0 Å². The number of carbonyl (C=O) groups is 1. The second-order valence-corrected chi connectivity index (χ2v) is 7.82. The minimum atomic E-state index is -4.02. The van der Waals surface area contributed by atoms with Crippen LogP contribution in [0.2, 0.25) is 0 Å². The Bertz CT molecular complexity index is 1210. The number of H-pyrrole nitrogens is 1. The fourth-order valence-electron chi connectivity index (χ4n) is 2.91. The number of aromatic amines is 1. The predicted octanol–water partition coefficient (Wildman–Crippen LogP) is -2.83. The third-order valence-corrected chi connectivity index (χ3v) is 6.09. The molecule has 1 amide bonds. The molecule has 0 fully saturated rings. The Kier molecular flexibility index (Phi) is 5.75. The van der Waals surface area contributed by atoms with Crippen molar-refractivity contribution >= 4 is 27.4 Å². The van der Waals surface area contributed by atoms with Gasteiger partial charge in [-0.25, -0.2) is 8.42 Å². The van der Waals surface area contributed by atoms with E-state index in [9.17, 15) is 18.3 Å². The van der Waals surface area contributed by atoms with Gasteiger partial charge in [0.15, 0.2) is 0 Å². The first kappa shape index (κ1) is 21.0. The van der Waals surface area contributed by atoms with Crippen LogP contribution in [0.1, 0.15) is 5.56 Å². The Morgan fingerprint density at radius 2 is 1.76 bits per heavy atom. The van der Waals surface area contributed by atoms with E-state index in [1.807, 2.05) is 0 Å². The molecule has 0 radical (unpaired) electrons. The van der Waals surface area contributed by atoms with Crippen molar-refractivity contribution in [2.24, 2.45) is 0 Å². The van der Waals surface area contributed by atoms with Crippen molar-refractivity contribution in [3.63, 3.8) is 0 Å². The number of sulfonamides is 1. The zero-order valence-corrected chi connectivity index (χ0v) is 18.3. The number of hydrogen-bond donors (Lipinski definition) is 2. The molecule has 3 aromatic rings. The van der Waals surface area contributed by atoms with Gasteiger partial charge in [-0.15, -0.1) is 10.2 Å². The maximum absolute atomic E-state index is 12.9. The van der Waals surface area contributed by atoms with Crippen LogP contribution in [0.25, 0.3) is 17.1 Å². The van der Waals surface area contributed by atoms with Crippen LogP contribution in [0.3, 0.4) is 0 Å². The zero-order chi connectivity index (χ0) is 19.9. The third kappa shape index (κ3) is 3.53. The molecule has 0 spiro atoms. The van der Waals surface area contributed by atoms with Gasteiger partial charge in [0.2, 0.25) is 5.82 Å². The number of anilines is 1. The summed E-state index contributed by atoms with van der Waals surface area (Å²) in [6.07, 6.45) is 0. The first-order chi connectivity index (χ1) is 13.4. The molecule has 4 rings (SSSR count). The Labute approximate surface area is 188 Å². The van der Waals surface area contributed by atoms with Gasteiger partial charge in [-0.3, -0.25) is 9.10 Å². The normalized spacial score (nSPS) is 14.7. The van der Waals surface area contributed by atoms with E-state index in [4.69, 9.17) is 0 Å². The second-order valence-electron chi connectivity index (χ2n) is 5.88. The molecule has 0 atom stereocenters. The standard InChI is InChI=1S/C17H14N6O4S.Na/c1-23-14(15(24)11-7-3-5-9-13(11)28(23,26)27)17(25)18-12-8-4-2-6-10(12)16-19-21-22-20-16;/h2-9,24H,1H3,(H,18,25)(H,19,20,21,22);/q;+1/p-1. The Balaban J connectivity index is 0.00000240. The van der Waals surface area contributed by atoms with Crippen LogP contribution in [-0.4, -0.2) is 46.3 Å². The quantitative estimate of drug-likeness (QED) is 0.435. The summed E-state index contributed by atoms with van der Waals surface area (Å²) in [7, 11) is -2.85. The van der Waals surface area contributed by atoms with E-state index in [0.29, 0.717) is 15.6 Å². The van der Waals surface area contributed by atoms with Crippen LogP contribution in [0.5, 0.6) is 0 Å². The molecule has 12 heteroatoms. The first-order valence-corrected chi connectivity index (χ1v) is 9.49. The largest absolute Gasteiger partial charge is 1.00 e. The molecule has 2 heterocycles. The monoisotopic (exact) mass is 420 g/mol. The average Bonchev–Trinajstić information content (AvgIpc) is 3.22. The number of fused-ring (bicyclic) bond motifs is 1. The predicted molar refractivity (Wildman–Crippen MR) is 96.6 cm³/mol. The van der Waals surface area contributed by atoms with Gasteiger partial charge in [0.1, 0.15) is 5.70 Å². The third-order valence-electron chi connectivity index (χ3n) is 4.28. The summed E-state index contributed by atoms with van der Waals surface area (Å²) < 4.78 is 26.1. The summed E-state index contributed by atoms with van der Waals surface area (Å²) in [6, 6.07) is 12.4. The second kappa shape index (κ2) is 7.95. The number of nitrogens with zero attached hydrogens (tertiary/aromatic N) is 4. The number of likely N-dealkylation sites (N-methyl/N-ethyl adjacent to an activating group) is 1. The van der Waals surface area contributed by atoms with Crippen molar-refractivity contribution in [2.45, 2.75) is 4.90 Å². The zero-order valence-electron chi connectivity index (χ0n) is 15.4. The summed E-state index contributed by atoms with van der Waals surface area (Å²) in [5, 5.41) is 28.9. The van der Waals surface area contributed by atoms with Crippen molar-refractivity contribution in [2.75, 3.05) is 12.4 Å². The smallest absolute Gasteiger partial charge is 0.870 e. The number of benzene rings is 2. The van der Waals surface area contributed by atoms with Crippen LogP contribution in [0.4, 0.5) is 5.69 Å². The number of para-hydroxylation sites is 1. The summed E-state index contributed by atoms with van der Waals surface area (Å²) in [5.41, 5.74) is 0.219. The minimum Gasteiger partial charge on any atom is -0.870 e. The summed E-state index contributed by atoms with van der Waals surface area (Å²) >= 11 is 0. The summed E-state index contributed by atoms with van der Waals surface area (Å²) in [4.78, 5) is 12.7. The van der Waals surface area contributed by atoms with Gasteiger partial charge in [0.25, 0.3) is 15.9 Å². The molecule has 10 nitrogen and oxygen atoms in total. The molecule has 1 aliphatic rings. The molecule has 2 aromatic carbocycles. The fraction of sp³-hybridized carbons (Fsp3) is 0.0588. The van der Waals surface area contributed by atoms with Crippen molar-refractivity contribution in [3.8, 4) is 11.4 Å². The van der Waals surface area contributed by atoms with Gasteiger partial charge < -0.3 is 10.4 Å². The van der Waals surface area contributed by atoms with Crippen LogP contribution < -0.4 is 40.0 Å². The van der Waals surface area contributed by atoms with Crippen molar-refractivity contribution in [1.29, 1.82) is 0 Å². The summed E-state index contributed by atoms with van der Waals surface area (Å²) in [6.45, 7) is 0. The number of carbonyl (C=O) groups excluding carboxylic acids is 1. The molecule has 29 heavy (non-hydrogen) atoms. The van der Waals surface area contributed by atoms with Crippen LogP contribution in [0.15, 0.2) is 59.1 Å². The van der Waals surface area contributed by atoms with E-state index in [-0.39, 0.29) is 45.8 Å². The van der Waals surface area contributed by atoms with Crippen LogP contribution >= 0.6 is 0 Å². The van der Waals surface area contributed by atoms with E-state index in [1.54, 1.807) is 30.3 Å². The average molecular weight is 420 g/mol. The van der Waals surface area contributed by atoms with Gasteiger partial charge in [0, 0.05) is 12.6 Å². The SMILES string of the molecule is CN1C(C(=O)Nc2ccccc2-c2nn[nH]n2)=C([O-])c2ccccc2S1(=O)=O.[Na+]. The molecule has 0 saturated carbocycles. The molecule has 0 bridgehead atoms. The maximum Gasteiger partial charge on any atom is 1.00 e. The molecule has 0 aliphatic carbocycles. The molecular weight excluding hydrogens is 407 g/mol. The Morgan fingerprint density at radius 1 is 1.10 bits per heavy atom. The van der Waals surface area contributed by atoms with Crippen molar-refractivity contribution in [3.05, 3.63) is 59.8 Å². The molecule has 1 aliphatic heterocycles. The first-order valence-electron chi connectivity index (χ1n) is 8.05. The van der Waals surface area contributed by atoms with Crippen molar-refractivity contribution in [1.82, 2.24) is 24.9 Å². The molecule has 0 unspecified atom stereocenters. The van der Waals surface area contributed by atoms with E-state index in [0.717, 1.165) is 0 Å². The number of hydrogen-bond acceptors (Lipinski definition) is 7. The number of amides is 1. The molecule has 2 N–H and O–H groups in total. The van der Waals surface area contributed by atoms with Crippen LogP contribution in [0, 0.1) is 0 Å². The van der Waals surface area contributed by atoms with E-state index in [1.165, 1.54) is 25.2 Å². The molecule has 0 saturated heterocycles. The van der Waals surface area contributed by atoms with Crippen LogP contribution in [-0.2, 0) is 14.8 Å². The van der Waals surface area contributed by atoms with Crippen molar-refractivity contribution < 1.29 is 47.9 Å². The Hall–Kier alpha value is -2.73. The number of rotatable bonds is 3. The summed E-state index contributed by atoms with van der Waals surface area (Å²) in [5.74, 6) is -1.30. The van der Waals surface area contributed by atoms with Gasteiger partial charge in [-0.05, 0) is 29.0 Å². The van der Waals surface area contributed by atoms with E-state index < -0.39 is 27.4 Å². The number of tetrazole rings is 1. The molecular formula is C17H13N6NaO4S. The topological polar surface area (TPSA) is 144 Å². The number of nitrogens with one attached hydrogen (secondary N) is 2. The van der Waals surface area contributed by atoms with Gasteiger partial charge in [0.05, 0.1) is 10.6 Å². The Morgan fingerprint density at radius 3 is 2.45 bits per heavy atom. The van der Waals surface area contributed by atoms with Gasteiger partial charge >= 0.3 is 29.6 Å². The fourth-order valence-corrected chi connectivity index (χ4v) is 4.30. The minimum absolute atomic E-state index is 0. The van der Waals surface area contributed by atoms with E-state index in [2.05, 4.69) is 25.9 Å². The molecule has 142 valence electrons. The number of aromatic nitrogens is 4.